The standard InChI is InChI=1S/C12H13NO6/c14-9(2-1-5-13(18)19)7-11(16)8-3-4-10(15)12(17)6-8/h3-4,6,15,17H,1-2,5,7H2. The maximum atomic E-state index is 11.7. The van der Waals surface area contributed by atoms with Crippen LogP contribution >= 0.6 is 0 Å². The fourth-order valence-electron chi connectivity index (χ4n) is 1.47. The zero-order chi connectivity index (χ0) is 14.4. The molecule has 1 rings (SSSR count). The van der Waals surface area contributed by atoms with Crippen LogP contribution in [-0.4, -0.2) is 33.2 Å². The monoisotopic (exact) mass is 267 g/mol. The van der Waals surface area contributed by atoms with Crippen molar-refractivity contribution in [3.63, 3.8) is 0 Å². The Kier molecular flexibility index (Phi) is 4.99. The van der Waals surface area contributed by atoms with E-state index >= 15 is 0 Å². The van der Waals surface area contributed by atoms with Crippen molar-refractivity contribution in [3.05, 3.63) is 33.9 Å². The summed E-state index contributed by atoms with van der Waals surface area (Å²) in [6.45, 7) is -0.306. The summed E-state index contributed by atoms with van der Waals surface area (Å²) in [5.74, 6) is -1.68. The molecular weight excluding hydrogens is 254 g/mol. The van der Waals surface area contributed by atoms with Gasteiger partial charge in [-0.2, -0.15) is 0 Å². The second-order valence-electron chi connectivity index (χ2n) is 4.00. The van der Waals surface area contributed by atoms with Crippen molar-refractivity contribution in [1.29, 1.82) is 0 Å². The van der Waals surface area contributed by atoms with E-state index in [4.69, 9.17) is 5.11 Å². The molecule has 0 aliphatic heterocycles. The molecule has 0 amide bonds. The van der Waals surface area contributed by atoms with E-state index in [2.05, 4.69) is 0 Å². The normalized spacial score (nSPS) is 10.1. The number of carbonyl (C=O) groups excluding carboxylic acids is 2. The summed E-state index contributed by atoms with van der Waals surface area (Å²) in [6.07, 6.45) is -0.307. The van der Waals surface area contributed by atoms with Crippen molar-refractivity contribution in [2.75, 3.05) is 6.54 Å². The molecule has 7 nitrogen and oxygen atoms in total. The van der Waals surface area contributed by atoms with Crippen LogP contribution in [0.1, 0.15) is 29.6 Å². The summed E-state index contributed by atoms with van der Waals surface area (Å²) < 4.78 is 0. The van der Waals surface area contributed by atoms with Crippen LogP contribution < -0.4 is 0 Å². The number of ketones is 2. The largest absolute Gasteiger partial charge is 0.504 e. The number of phenolic OH excluding ortho intramolecular Hbond substituents is 2. The number of benzene rings is 1. The number of carbonyl (C=O) groups is 2. The number of rotatable bonds is 7. The maximum Gasteiger partial charge on any atom is 0.204 e. The van der Waals surface area contributed by atoms with Gasteiger partial charge in [0, 0.05) is 23.3 Å². The van der Waals surface area contributed by atoms with Gasteiger partial charge in [-0.3, -0.25) is 19.7 Å². The molecule has 0 atom stereocenters. The minimum atomic E-state index is -0.521. The first-order valence-corrected chi connectivity index (χ1v) is 5.59. The van der Waals surface area contributed by atoms with E-state index in [1.807, 2.05) is 0 Å². The molecule has 2 N–H and O–H groups in total. The summed E-state index contributed by atoms with van der Waals surface area (Å²) in [4.78, 5) is 32.6. The van der Waals surface area contributed by atoms with Crippen molar-refractivity contribution >= 4 is 11.6 Å². The second-order valence-corrected chi connectivity index (χ2v) is 4.00. The third kappa shape index (κ3) is 4.74. The molecular formula is C12H13NO6. The van der Waals surface area contributed by atoms with Gasteiger partial charge < -0.3 is 10.2 Å². The molecule has 0 radical (unpaired) electrons. The zero-order valence-corrected chi connectivity index (χ0v) is 10.0. The first-order valence-electron chi connectivity index (χ1n) is 5.59. The van der Waals surface area contributed by atoms with E-state index in [-0.39, 0.29) is 42.9 Å². The lowest BCUT2D eigenvalue weighted by Crippen LogP contribution is -2.10. The molecule has 0 heterocycles. The van der Waals surface area contributed by atoms with E-state index in [0.29, 0.717) is 0 Å². The molecule has 0 spiro atoms. The molecule has 102 valence electrons. The highest BCUT2D eigenvalue weighted by atomic mass is 16.6. The third-order valence-electron chi connectivity index (χ3n) is 2.45. The smallest absolute Gasteiger partial charge is 0.204 e. The van der Waals surface area contributed by atoms with E-state index in [0.717, 1.165) is 12.1 Å². The van der Waals surface area contributed by atoms with Gasteiger partial charge in [-0.25, -0.2) is 0 Å². The Morgan fingerprint density at radius 1 is 1.21 bits per heavy atom. The lowest BCUT2D eigenvalue weighted by Gasteiger charge is -2.02. The fraction of sp³-hybridized carbons (Fsp3) is 0.333. The molecule has 0 unspecified atom stereocenters. The number of hydrogen-bond donors (Lipinski definition) is 2. The van der Waals surface area contributed by atoms with Crippen molar-refractivity contribution in [2.45, 2.75) is 19.3 Å². The first-order chi connectivity index (χ1) is 8.90. The number of hydrogen-bond acceptors (Lipinski definition) is 6. The number of aromatic hydroxyl groups is 2. The van der Waals surface area contributed by atoms with Crippen LogP contribution in [0.5, 0.6) is 11.5 Å². The minimum Gasteiger partial charge on any atom is -0.504 e. The predicted molar refractivity (Wildman–Crippen MR) is 64.8 cm³/mol. The van der Waals surface area contributed by atoms with Crippen molar-refractivity contribution in [3.8, 4) is 11.5 Å². The summed E-state index contributed by atoms with van der Waals surface area (Å²) in [5.41, 5.74) is 0.109. The van der Waals surface area contributed by atoms with Crippen LogP contribution in [0.4, 0.5) is 0 Å². The highest BCUT2D eigenvalue weighted by molar-refractivity contribution is 6.08. The maximum absolute atomic E-state index is 11.7. The molecule has 1 aromatic rings. The average Bonchev–Trinajstić information content (AvgIpc) is 2.32. The molecule has 0 aromatic heterocycles. The van der Waals surface area contributed by atoms with Crippen molar-refractivity contribution < 1.29 is 24.7 Å². The lowest BCUT2D eigenvalue weighted by atomic mass is 10.0. The minimum absolute atomic E-state index is 0.0310. The third-order valence-corrected chi connectivity index (χ3v) is 2.45. The molecule has 0 aliphatic carbocycles. The van der Waals surface area contributed by atoms with Gasteiger partial charge in [0.15, 0.2) is 17.3 Å². The quantitative estimate of drug-likeness (QED) is 0.253. The Hall–Kier alpha value is -2.44. The van der Waals surface area contributed by atoms with E-state index in [1.165, 1.54) is 6.07 Å². The molecule has 0 saturated heterocycles. The number of phenols is 2. The van der Waals surface area contributed by atoms with Crippen LogP contribution in [0.3, 0.4) is 0 Å². The van der Waals surface area contributed by atoms with Gasteiger partial charge in [0.2, 0.25) is 6.54 Å². The lowest BCUT2D eigenvalue weighted by molar-refractivity contribution is -0.480. The van der Waals surface area contributed by atoms with Gasteiger partial charge in [0.25, 0.3) is 0 Å². The molecule has 7 heteroatoms. The molecule has 0 aliphatic rings. The van der Waals surface area contributed by atoms with Crippen LogP contribution in [-0.2, 0) is 4.79 Å². The molecule has 1 aromatic carbocycles. The van der Waals surface area contributed by atoms with Crippen LogP contribution in [0.15, 0.2) is 18.2 Å². The van der Waals surface area contributed by atoms with E-state index in [9.17, 15) is 24.8 Å². The SMILES string of the molecule is O=C(CCC[N+](=O)[O-])CC(=O)c1ccc(O)c(O)c1. The molecule has 0 fully saturated rings. The van der Waals surface area contributed by atoms with Gasteiger partial charge in [0.1, 0.15) is 5.78 Å². The fourth-order valence-corrected chi connectivity index (χ4v) is 1.47. The topological polar surface area (TPSA) is 118 Å². The molecule has 0 bridgehead atoms. The Morgan fingerprint density at radius 3 is 2.47 bits per heavy atom. The Balaban J connectivity index is 2.52. The Labute approximate surface area is 108 Å². The highest BCUT2D eigenvalue weighted by Crippen LogP contribution is 2.25. The first kappa shape index (κ1) is 14.6. The highest BCUT2D eigenvalue weighted by Gasteiger charge is 2.14. The summed E-state index contributed by atoms with van der Waals surface area (Å²) in [7, 11) is 0. The zero-order valence-electron chi connectivity index (χ0n) is 10.0. The van der Waals surface area contributed by atoms with Crippen LogP contribution in [0, 0.1) is 10.1 Å². The predicted octanol–water partition coefficient (Wildman–Crippen LogP) is 1.30. The molecule has 19 heavy (non-hydrogen) atoms. The van der Waals surface area contributed by atoms with Gasteiger partial charge >= 0.3 is 0 Å². The van der Waals surface area contributed by atoms with E-state index < -0.39 is 16.5 Å². The summed E-state index contributed by atoms with van der Waals surface area (Å²) >= 11 is 0. The number of nitrogens with zero attached hydrogens (tertiary/aromatic N) is 1. The van der Waals surface area contributed by atoms with Crippen LogP contribution in [0.25, 0.3) is 0 Å². The Morgan fingerprint density at radius 2 is 1.89 bits per heavy atom. The van der Waals surface area contributed by atoms with Crippen LogP contribution in [0.2, 0.25) is 0 Å². The summed E-state index contributed by atoms with van der Waals surface area (Å²) in [6, 6.07) is 3.52. The van der Waals surface area contributed by atoms with E-state index in [1.54, 1.807) is 0 Å². The molecule has 0 saturated carbocycles. The summed E-state index contributed by atoms with van der Waals surface area (Å²) in [5, 5.41) is 28.4. The number of nitro groups is 1. The average molecular weight is 267 g/mol. The Bertz CT molecular complexity index is 511. The van der Waals surface area contributed by atoms with Crippen molar-refractivity contribution in [1.82, 2.24) is 0 Å². The van der Waals surface area contributed by atoms with Gasteiger partial charge in [-0.15, -0.1) is 0 Å². The number of Topliss-reactive ketones (excluding diaryl/α,β-unsaturated/α-hetero) is 2. The van der Waals surface area contributed by atoms with Gasteiger partial charge in [0.05, 0.1) is 6.42 Å². The van der Waals surface area contributed by atoms with Crippen molar-refractivity contribution in [2.24, 2.45) is 0 Å². The second kappa shape index (κ2) is 6.48. The van der Waals surface area contributed by atoms with Gasteiger partial charge in [-0.05, 0) is 18.2 Å². The van der Waals surface area contributed by atoms with Gasteiger partial charge in [-0.1, -0.05) is 0 Å².